The monoisotopic (exact) mass is 378 g/mol. The molecule has 1 aromatic rings. The molecular formula is C18H22N2O7. The van der Waals surface area contributed by atoms with Crippen LogP contribution in [0.1, 0.15) is 20.8 Å². The Labute approximate surface area is 156 Å². The smallest absolute Gasteiger partial charge is 0.412 e. The van der Waals surface area contributed by atoms with E-state index >= 15 is 0 Å². The molecule has 146 valence electrons. The van der Waals surface area contributed by atoms with E-state index in [2.05, 4.69) is 0 Å². The van der Waals surface area contributed by atoms with Crippen molar-refractivity contribution >= 4 is 23.7 Å². The first-order valence-electron chi connectivity index (χ1n) is 8.57. The molecule has 3 fully saturated rings. The third-order valence-corrected chi connectivity index (χ3v) is 4.64. The Bertz CT molecular complexity index is 726. The van der Waals surface area contributed by atoms with Gasteiger partial charge in [0.1, 0.15) is 6.04 Å². The van der Waals surface area contributed by atoms with Crippen molar-refractivity contribution < 1.29 is 33.4 Å². The van der Waals surface area contributed by atoms with Gasteiger partial charge >= 0.3 is 18.0 Å². The fraction of sp³-hybridized carbons (Fsp3) is 0.500. The van der Waals surface area contributed by atoms with E-state index < -0.39 is 48.6 Å². The molecule has 3 aliphatic rings. The van der Waals surface area contributed by atoms with Gasteiger partial charge in [-0.05, 0) is 19.1 Å². The highest BCUT2D eigenvalue weighted by atomic mass is 16.7. The zero-order valence-electron chi connectivity index (χ0n) is 15.5. The highest BCUT2D eigenvalue weighted by Crippen LogP contribution is 2.41. The molecule has 1 aromatic carbocycles. The number of carbonyl (C=O) groups is 3. The first kappa shape index (κ1) is 19.0. The zero-order chi connectivity index (χ0) is 19.7. The fourth-order valence-corrected chi connectivity index (χ4v) is 3.64. The van der Waals surface area contributed by atoms with E-state index in [-0.39, 0.29) is 0 Å². The number of hydrogen-bond acceptors (Lipinski definition) is 8. The van der Waals surface area contributed by atoms with Gasteiger partial charge in [-0.15, -0.1) is 0 Å². The van der Waals surface area contributed by atoms with Crippen molar-refractivity contribution in [3.05, 3.63) is 30.3 Å². The molecule has 3 heterocycles. The fourth-order valence-electron chi connectivity index (χ4n) is 3.64. The Morgan fingerprint density at radius 2 is 1.59 bits per heavy atom. The quantitative estimate of drug-likeness (QED) is 0.576. The Kier molecular flexibility index (Phi) is 5.22. The Morgan fingerprint density at radius 1 is 1.00 bits per heavy atom. The van der Waals surface area contributed by atoms with Gasteiger partial charge in [0.05, 0.1) is 18.8 Å². The lowest BCUT2D eigenvalue weighted by Crippen LogP contribution is -2.78. The topological polar surface area (TPSA) is 94.6 Å². The summed E-state index contributed by atoms with van der Waals surface area (Å²) in [6.45, 7) is 4.32. The zero-order valence-corrected chi connectivity index (χ0v) is 15.5. The summed E-state index contributed by atoms with van der Waals surface area (Å²) in [6, 6.07) is 8.17. The van der Waals surface area contributed by atoms with Crippen LogP contribution < -0.4 is 5.06 Å². The standard InChI is InChI=1S/C18H22N2O7/c1-10-14-15(25-11(2)21)16(26-12(3)22)17(19(10)18(23)24-4)27-20(14)13-8-6-5-7-9-13/h5-10,14-17H,1-4H3/t10-,14-,15-,16-,17-/m1/s1. The van der Waals surface area contributed by atoms with Crippen molar-refractivity contribution in [3.63, 3.8) is 0 Å². The highest BCUT2D eigenvalue weighted by Gasteiger charge is 2.61. The van der Waals surface area contributed by atoms with E-state index in [1.54, 1.807) is 12.0 Å². The predicted molar refractivity (Wildman–Crippen MR) is 92.4 cm³/mol. The van der Waals surface area contributed by atoms with E-state index in [9.17, 15) is 14.4 Å². The number of nitrogens with zero attached hydrogens (tertiary/aromatic N) is 2. The summed E-state index contributed by atoms with van der Waals surface area (Å²) in [5.41, 5.74) is 0.724. The third kappa shape index (κ3) is 3.42. The lowest BCUT2D eigenvalue weighted by Gasteiger charge is -2.58. The van der Waals surface area contributed by atoms with Gasteiger partial charge in [-0.25, -0.2) is 14.7 Å². The number of carbonyl (C=O) groups excluding carboxylic acids is 3. The van der Waals surface area contributed by atoms with Crippen LogP contribution >= 0.6 is 0 Å². The summed E-state index contributed by atoms with van der Waals surface area (Å²) in [7, 11) is 1.26. The number of amides is 1. The number of anilines is 1. The minimum atomic E-state index is -1.01. The van der Waals surface area contributed by atoms with Crippen LogP contribution in [0.15, 0.2) is 30.3 Å². The molecule has 4 rings (SSSR count). The van der Waals surface area contributed by atoms with Crippen LogP contribution in [0, 0.1) is 0 Å². The molecule has 0 saturated carbocycles. The number of esters is 2. The number of ether oxygens (including phenoxy) is 3. The Balaban J connectivity index is 2.05. The number of hydroxylamine groups is 1. The molecular weight excluding hydrogens is 356 g/mol. The Morgan fingerprint density at radius 3 is 2.15 bits per heavy atom. The third-order valence-electron chi connectivity index (χ3n) is 4.64. The van der Waals surface area contributed by atoms with Gasteiger partial charge in [-0.3, -0.25) is 14.5 Å². The number of methoxy groups -OCH3 is 1. The van der Waals surface area contributed by atoms with Gasteiger partial charge in [0.2, 0.25) is 6.23 Å². The molecule has 9 heteroatoms. The van der Waals surface area contributed by atoms with Crippen LogP contribution in [0.3, 0.4) is 0 Å². The molecule has 0 spiro atoms. The van der Waals surface area contributed by atoms with Crippen molar-refractivity contribution in [2.75, 3.05) is 12.2 Å². The molecule has 0 radical (unpaired) electrons. The average Bonchev–Trinajstić information content (AvgIpc) is 2.63. The van der Waals surface area contributed by atoms with Crippen LogP contribution in [0.4, 0.5) is 10.5 Å². The molecule has 0 N–H and O–H groups in total. The first-order chi connectivity index (χ1) is 12.8. The van der Waals surface area contributed by atoms with Gasteiger partial charge in [-0.1, -0.05) is 18.2 Å². The largest absolute Gasteiger partial charge is 0.456 e. The molecule has 3 saturated heterocycles. The minimum absolute atomic E-state index is 0.437. The van der Waals surface area contributed by atoms with E-state index in [1.165, 1.54) is 25.9 Å². The van der Waals surface area contributed by atoms with E-state index in [4.69, 9.17) is 19.0 Å². The number of para-hydroxylation sites is 1. The number of rotatable bonds is 3. The summed E-state index contributed by atoms with van der Waals surface area (Å²) >= 11 is 0. The van der Waals surface area contributed by atoms with Crippen LogP contribution in [0.25, 0.3) is 0 Å². The number of fused-ring (bicyclic) bond motifs is 3. The first-order valence-corrected chi connectivity index (χ1v) is 8.57. The lowest BCUT2D eigenvalue weighted by molar-refractivity contribution is -0.265. The second-order valence-corrected chi connectivity index (χ2v) is 6.41. The number of hydrogen-bond donors (Lipinski definition) is 0. The van der Waals surface area contributed by atoms with E-state index in [0.29, 0.717) is 0 Å². The normalized spacial score (nSPS) is 29.3. The molecule has 1 amide bonds. The Hall–Kier alpha value is -2.81. The summed E-state index contributed by atoms with van der Waals surface area (Å²) in [6.07, 6.45) is -3.43. The lowest BCUT2D eigenvalue weighted by atomic mass is 9.88. The SMILES string of the molecule is COC(=O)N1[C@H](C)[C@@H]2[C@@H](OC(C)=O)[C@@H](OC(C)=O)[C@H]1ON2c1ccccc1. The molecule has 0 aromatic heterocycles. The molecule has 3 aliphatic heterocycles. The van der Waals surface area contributed by atoms with Crippen molar-refractivity contribution in [2.24, 2.45) is 0 Å². The maximum Gasteiger partial charge on any atom is 0.412 e. The van der Waals surface area contributed by atoms with Gasteiger partial charge < -0.3 is 14.2 Å². The maximum absolute atomic E-state index is 12.3. The van der Waals surface area contributed by atoms with E-state index in [1.807, 2.05) is 30.3 Å². The van der Waals surface area contributed by atoms with Gasteiger partial charge in [0.15, 0.2) is 12.2 Å². The summed E-state index contributed by atoms with van der Waals surface area (Å²) in [5, 5.41) is 1.60. The summed E-state index contributed by atoms with van der Waals surface area (Å²) < 4.78 is 15.7. The second kappa shape index (κ2) is 7.43. The molecule has 9 nitrogen and oxygen atoms in total. The summed E-state index contributed by atoms with van der Waals surface area (Å²) in [5.74, 6) is -1.09. The van der Waals surface area contributed by atoms with Crippen LogP contribution in [0.2, 0.25) is 0 Å². The molecule has 0 aliphatic carbocycles. The molecule has 27 heavy (non-hydrogen) atoms. The van der Waals surface area contributed by atoms with Crippen molar-refractivity contribution in [3.8, 4) is 0 Å². The summed E-state index contributed by atoms with van der Waals surface area (Å²) in [4.78, 5) is 43.0. The van der Waals surface area contributed by atoms with Crippen molar-refractivity contribution in [1.82, 2.24) is 4.90 Å². The van der Waals surface area contributed by atoms with Crippen LogP contribution in [-0.4, -0.2) is 60.6 Å². The van der Waals surface area contributed by atoms with Crippen LogP contribution in [0.5, 0.6) is 0 Å². The van der Waals surface area contributed by atoms with Crippen molar-refractivity contribution in [1.29, 1.82) is 0 Å². The minimum Gasteiger partial charge on any atom is -0.456 e. The van der Waals surface area contributed by atoms with Gasteiger partial charge in [0.25, 0.3) is 0 Å². The van der Waals surface area contributed by atoms with Crippen LogP contribution in [-0.2, 0) is 28.6 Å². The maximum atomic E-state index is 12.3. The second-order valence-electron chi connectivity index (χ2n) is 6.41. The molecule has 2 bridgehead atoms. The molecule has 5 atom stereocenters. The van der Waals surface area contributed by atoms with E-state index in [0.717, 1.165) is 5.69 Å². The molecule has 0 unspecified atom stereocenters. The van der Waals surface area contributed by atoms with Gasteiger partial charge in [0, 0.05) is 13.8 Å². The van der Waals surface area contributed by atoms with Crippen molar-refractivity contribution in [2.45, 2.75) is 51.3 Å². The van der Waals surface area contributed by atoms with Gasteiger partial charge in [-0.2, -0.15) is 0 Å². The highest BCUT2D eigenvalue weighted by molar-refractivity contribution is 5.71. The number of piperidine rings is 1. The number of benzene rings is 1. The average molecular weight is 378 g/mol. The predicted octanol–water partition coefficient (Wildman–Crippen LogP) is 1.47.